The summed E-state index contributed by atoms with van der Waals surface area (Å²) in [5.41, 5.74) is -0.126. The van der Waals surface area contributed by atoms with E-state index < -0.39 is 23.6 Å². The van der Waals surface area contributed by atoms with E-state index in [1.807, 2.05) is 0 Å². The Kier molecular flexibility index (Phi) is 4.52. The molecule has 0 bridgehead atoms. The van der Waals surface area contributed by atoms with Crippen molar-refractivity contribution in [2.75, 3.05) is 7.11 Å². The van der Waals surface area contributed by atoms with Crippen molar-refractivity contribution in [3.8, 4) is 11.5 Å². The molecule has 3 unspecified atom stereocenters. The molecule has 0 saturated heterocycles. The first-order valence-corrected chi connectivity index (χ1v) is 7.27. The molecule has 2 rings (SSSR count). The van der Waals surface area contributed by atoms with Gasteiger partial charge in [0.2, 0.25) is 0 Å². The number of carbonyl (C=O) groups excluding carboxylic acids is 1. The van der Waals surface area contributed by atoms with Crippen LogP contribution in [-0.2, 0) is 9.53 Å². The Morgan fingerprint density at radius 3 is 2.30 bits per heavy atom. The SMILES string of the molecule is COC1(C)C(O)C(=O)C(C)=C(Oc2cc(C)cc(O)c2C)C1O. The number of ether oxygens (including phenoxy) is 2. The Balaban J connectivity index is 2.52. The smallest absolute Gasteiger partial charge is 0.193 e. The zero-order chi connectivity index (χ0) is 17.5. The normalized spacial score (nSPS) is 28.2. The largest absolute Gasteiger partial charge is 0.508 e. The predicted molar refractivity (Wildman–Crippen MR) is 83.3 cm³/mol. The van der Waals surface area contributed by atoms with E-state index in [4.69, 9.17) is 9.47 Å². The van der Waals surface area contributed by atoms with Gasteiger partial charge in [-0.25, -0.2) is 0 Å². The van der Waals surface area contributed by atoms with Crippen LogP contribution in [0.5, 0.6) is 11.5 Å². The van der Waals surface area contributed by atoms with Crippen LogP contribution in [0, 0.1) is 13.8 Å². The van der Waals surface area contributed by atoms with Gasteiger partial charge < -0.3 is 24.8 Å². The minimum Gasteiger partial charge on any atom is -0.508 e. The first kappa shape index (κ1) is 17.5. The van der Waals surface area contributed by atoms with E-state index in [1.54, 1.807) is 26.0 Å². The number of Topliss-reactive ketones (excluding diaryl/α,β-unsaturated/α-hetero) is 1. The van der Waals surface area contributed by atoms with Crippen LogP contribution < -0.4 is 4.74 Å². The van der Waals surface area contributed by atoms with Crippen LogP contribution in [0.25, 0.3) is 0 Å². The Bertz CT molecular complexity index is 678. The fourth-order valence-corrected chi connectivity index (χ4v) is 2.59. The van der Waals surface area contributed by atoms with Crippen molar-refractivity contribution in [3.63, 3.8) is 0 Å². The number of phenolic OH excluding ortho intramolecular Hbond substituents is 1. The van der Waals surface area contributed by atoms with Crippen LogP contribution in [-0.4, -0.2) is 46.0 Å². The van der Waals surface area contributed by atoms with Crippen LogP contribution in [0.15, 0.2) is 23.5 Å². The van der Waals surface area contributed by atoms with Crippen molar-refractivity contribution >= 4 is 5.78 Å². The van der Waals surface area contributed by atoms with E-state index in [-0.39, 0.29) is 17.1 Å². The topological polar surface area (TPSA) is 96.2 Å². The van der Waals surface area contributed by atoms with Gasteiger partial charge in [0.1, 0.15) is 35.1 Å². The molecule has 0 spiro atoms. The second-order valence-electron chi connectivity index (χ2n) is 6.06. The van der Waals surface area contributed by atoms with Crippen molar-refractivity contribution < 1.29 is 29.6 Å². The first-order chi connectivity index (χ1) is 10.6. The lowest BCUT2D eigenvalue weighted by Gasteiger charge is -2.41. The van der Waals surface area contributed by atoms with Gasteiger partial charge >= 0.3 is 0 Å². The third-order valence-corrected chi connectivity index (χ3v) is 4.46. The zero-order valence-electron chi connectivity index (χ0n) is 13.9. The highest BCUT2D eigenvalue weighted by Crippen LogP contribution is 2.37. The number of ketones is 1. The molecule has 6 nitrogen and oxygen atoms in total. The highest BCUT2D eigenvalue weighted by molar-refractivity contribution is 6.01. The van der Waals surface area contributed by atoms with E-state index in [1.165, 1.54) is 21.0 Å². The summed E-state index contributed by atoms with van der Waals surface area (Å²) >= 11 is 0. The summed E-state index contributed by atoms with van der Waals surface area (Å²) in [5, 5.41) is 30.5. The molecule has 0 aliphatic heterocycles. The van der Waals surface area contributed by atoms with Gasteiger partial charge in [0.25, 0.3) is 0 Å². The van der Waals surface area contributed by atoms with Crippen molar-refractivity contribution in [1.29, 1.82) is 0 Å². The number of methoxy groups -OCH3 is 1. The number of rotatable bonds is 3. The number of hydrogen-bond acceptors (Lipinski definition) is 6. The molecule has 1 aromatic carbocycles. The van der Waals surface area contributed by atoms with E-state index >= 15 is 0 Å². The Morgan fingerprint density at radius 2 is 1.74 bits per heavy atom. The van der Waals surface area contributed by atoms with E-state index in [2.05, 4.69) is 0 Å². The number of phenols is 1. The fourth-order valence-electron chi connectivity index (χ4n) is 2.59. The third-order valence-electron chi connectivity index (χ3n) is 4.46. The Hall–Kier alpha value is -1.89. The zero-order valence-corrected chi connectivity index (χ0v) is 13.9. The van der Waals surface area contributed by atoms with Crippen LogP contribution >= 0.6 is 0 Å². The van der Waals surface area contributed by atoms with E-state index in [0.29, 0.717) is 11.3 Å². The monoisotopic (exact) mass is 322 g/mol. The first-order valence-electron chi connectivity index (χ1n) is 7.27. The van der Waals surface area contributed by atoms with Crippen LogP contribution in [0.3, 0.4) is 0 Å². The molecule has 1 aromatic rings. The van der Waals surface area contributed by atoms with Gasteiger partial charge in [0.05, 0.1) is 0 Å². The number of carbonyl (C=O) groups is 1. The molecule has 126 valence electrons. The summed E-state index contributed by atoms with van der Waals surface area (Å²) in [7, 11) is 1.31. The number of benzene rings is 1. The number of aromatic hydroxyl groups is 1. The minimum atomic E-state index is -1.51. The van der Waals surface area contributed by atoms with Gasteiger partial charge in [-0.15, -0.1) is 0 Å². The number of hydrogen-bond donors (Lipinski definition) is 3. The van der Waals surface area contributed by atoms with Gasteiger partial charge in [-0.2, -0.15) is 0 Å². The lowest BCUT2D eigenvalue weighted by atomic mass is 9.80. The number of aliphatic hydroxyl groups excluding tert-OH is 2. The minimum absolute atomic E-state index is 0.0118. The van der Waals surface area contributed by atoms with Gasteiger partial charge in [0, 0.05) is 18.2 Å². The molecular weight excluding hydrogens is 300 g/mol. The molecule has 1 aliphatic carbocycles. The second kappa shape index (κ2) is 5.96. The summed E-state index contributed by atoms with van der Waals surface area (Å²) in [6.07, 6.45) is -2.82. The molecule has 0 aromatic heterocycles. The fraction of sp³-hybridized carbons (Fsp3) is 0.471. The summed E-state index contributed by atoms with van der Waals surface area (Å²) in [6.45, 7) is 6.38. The highest BCUT2D eigenvalue weighted by Gasteiger charge is 2.52. The summed E-state index contributed by atoms with van der Waals surface area (Å²) in [6, 6.07) is 3.29. The lowest BCUT2D eigenvalue weighted by molar-refractivity contribution is -0.170. The number of aryl methyl sites for hydroxylation is 1. The van der Waals surface area contributed by atoms with E-state index in [9.17, 15) is 20.1 Å². The Labute approximate surface area is 135 Å². The number of aliphatic hydroxyl groups is 2. The van der Waals surface area contributed by atoms with Crippen molar-refractivity contribution in [3.05, 3.63) is 34.6 Å². The summed E-state index contributed by atoms with van der Waals surface area (Å²) in [5.74, 6) is -0.162. The average molecular weight is 322 g/mol. The predicted octanol–water partition coefficient (Wildman–Crippen LogP) is 1.37. The van der Waals surface area contributed by atoms with Crippen LogP contribution in [0.4, 0.5) is 0 Å². The second-order valence-corrected chi connectivity index (χ2v) is 6.06. The maximum absolute atomic E-state index is 12.2. The van der Waals surface area contributed by atoms with Gasteiger partial charge in [0.15, 0.2) is 5.78 Å². The molecule has 1 aliphatic rings. The molecule has 0 amide bonds. The molecular formula is C17H22O6. The van der Waals surface area contributed by atoms with Crippen molar-refractivity contribution in [2.45, 2.75) is 45.5 Å². The quantitative estimate of drug-likeness (QED) is 0.778. The Morgan fingerprint density at radius 1 is 1.13 bits per heavy atom. The molecule has 0 heterocycles. The van der Waals surface area contributed by atoms with Gasteiger partial charge in [-0.05, 0) is 45.4 Å². The lowest BCUT2D eigenvalue weighted by Crippen LogP contribution is -2.59. The highest BCUT2D eigenvalue weighted by atomic mass is 16.5. The molecule has 23 heavy (non-hydrogen) atoms. The maximum atomic E-state index is 12.2. The van der Waals surface area contributed by atoms with Crippen molar-refractivity contribution in [2.24, 2.45) is 0 Å². The molecule has 0 radical (unpaired) electrons. The third kappa shape index (κ3) is 2.73. The molecule has 3 atom stereocenters. The summed E-state index contributed by atoms with van der Waals surface area (Å²) in [4.78, 5) is 12.2. The van der Waals surface area contributed by atoms with Crippen LogP contribution in [0.2, 0.25) is 0 Å². The maximum Gasteiger partial charge on any atom is 0.193 e. The standard InChI is InChI=1S/C17H22O6/c1-8-6-11(18)9(2)12(7-8)23-14-10(3)13(19)15(20)17(4,22-5)16(14)21/h6-7,15-16,18,20-21H,1-5H3. The molecule has 0 fully saturated rings. The molecule has 6 heteroatoms. The van der Waals surface area contributed by atoms with Crippen LogP contribution in [0.1, 0.15) is 25.0 Å². The molecule has 3 N–H and O–H groups in total. The van der Waals surface area contributed by atoms with Crippen molar-refractivity contribution in [1.82, 2.24) is 0 Å². The average Bonchev–Trinajstić information content (AvgIpc) is 2.52. The van der Waals surface area contributed by atoms with Gasteiger partial charge in [-0.3, -0.25) is 4.79 Å². The summed E-state index contributed by atoms with van der Waals surface area (Å²) < 4.78 is 10.9. The molecule has 0 saturated carbocycles. The van der Waals surface area contributed by atoms with Gasteiger partial charge in [-0.1, -0.05) is 0 Å². The van der Waals surface area contributed by atoms with E-state index in [0.717, 1.165) is 5.56 Å².